The van der Waals surface area contributed by atoms with E-state index in [2.05, 4.69) is 62.1 Å². The highest BCUT2D eigenvalue weighted by Crippen LogP contribution is 2.20. The van der Waals surface area contributed by atoms with Crippen molar-refractivity contribution in [3.05, 3.63) is 35.9 Å². The van der Waals surface area contributed by atoms with Crippen molar-refractivity contribution in [2.75, 3.05) is 34.2 Å². The molecule has 2 unspecified atom stereocenters. The van der Waals surface area contributed by atoms with Gasteiger partial charge in [-0.3, -0.25) is 0 Å². The fourth-order valence-electron chi connectivity index (χ4n) is 2.54. The predicted octanol–water partition coefficient (Wildman–Crippen LogP) is 2.35. The van der Waals surface area contributed by atoms with Gasteiger partial charge in [0, 0.05) is 12.1 Å². The van der Waals surface area contributed by atoms with Crippen LogP contribution in [0.3, 0.4) is 0 Å². The molecule has 3 nitrogen and oxygen atoms in total. The third-order valence-corrected chi connectivity index (χ3v) is 3.70. The van der Waals surface area contributed by atoms with E-state index < -0.39 is 0 Å². The first-order valence-corrected chi connectivity index (χ1v) is 7.21. The van der Waals surface area contributed by atoms with E-state index in [1.54, 1.807) is 0 Å². The molecule has 0 saturated carbocycles. The average Bonchev–Trinajstić information content (AvgIpc) is 2.40. The van der Waals surface area contributed by atoms with Crippen molar-refractivity contribution in [3.8, 4) is 0 Å². The number of benzene rings is 1. The molecule has 0 amide bonds. The van der Waals surface area contributed by atoms with Gasteiger partial charge in [0.1, 0.15) is 0 Å². The molecule has 0 aliphatic rings. The molecule has 1 rings (SSSR count). The first-order valence-electron chi connectivity index (χ1n) is 7.21. The highest BCUT2D eigenvalue weighted by Gasteiger charge is 2.21. The van der Waals surface area contributed by atoms with Gasteiger partial charge in [-0.2, -0.15) is 0 Å². The van der Waals surface area contributed by atoms with Crippen molar-refractivity contribution < 1.29 is 0 Å². The molecule has 0 spiro atoms. The summed E-state index contributed by atoms with van der Waals surface area (Å²) in [4.78, 5) is 4.63. The Bertz CT molecular complexity index is 337. The van der Waals surface area contributed by atoms with E-state index in [0.717, 1.165) is 19.5 Å². The zero-order chi connectivity index (χ0) is 14.3. The molecule has 1 aromatic rings. The van der Waals surface area contributed by atoms with Crippen molar-refractivity contribution in [2.24, 2.45) is 5.73 Å². The van der Waals surface area contributed by atoms with Gasteiger partial charge in [-0.25, -0.2) is 0 Å². The monoisotopic (exact) mass is 263 g/mol. The van der Waals surface area contributed by atoms with Gasteiger partial charge < -0.3 is 15.5 Å². The molecule has 0 aromatic heterocycles. The summed E-state index contributed by atoms with van der Waals surface area (Å²) in [5.74, 6) is 0. The van der Waals surface area contributed by atoms with E-state index in [1.807, 2.05) is 6.07 Å². The van der Waals surface area contributed by atoms with Crippen molar-refractivity contribution in [2.45, 2.75) is 31.8 Å². The van der Waals surface area contributed by atoms with Crippen LogP contribution in [-0.4, -0.2) is 50.1 Å². The SMILES string of the molecule is CCC(C(N)c1ccccc1)N(C)CCCN(C)C. The van der Waals surface area contributed by atoms with Crippen LogP contribution in [0.4, 0.5) is 0 Å². The predicted molar refractivity (Wildman–Crippen MR) is 83.3 cm³/mol. The van der Waals surface area contributed by atoms with Crippen LogP contribution in [0.15, 0.2) is 30.3 Å². The molecule has 0 fully saturated rings. The third kappa shape index (κ3) is 5.31. The van der Waals surface area contributed by atoms with Gasteiger partial charge >= 0.3 is 0 Å². The van der Waals surface area contributed by atoms with Gasteiger partial charge in [0.2, 0.25) is 0 Å². The zero-order valence-corrected chi connectivity index (χ0v) is 12.8. The van der Waals surface area contributed by atoms with Gasteiger partial charge in [0.05, 0.1) is 0 Å². The highest BCUT2D eigenvalue weighted by atomic mass is 15.1. The van der Waals surface area contributed by atoms with Gasteiger partial charge in [0.15, 0.2) is 0 Å². The Labute approximate surface area is 118 Å². The quantitative estimate of drug-likeness (QED) is 0.781. The molecule has 1 aromatic carbocycles. The van der Waals surface area contributed by atoms with Crippen LogP contribution in [0.1, 0.15) is 31.4 Å². The van der Waals surface area contributed by atoms with Gasteiger partial charge in [-0.1, -0.05) is 37.3 Å². The molecule has 3 heteroatoms. The minimum absolute atomic E-state index is 0.0931. The molecule has 0 radical (unpaired) electrons. The highest BCUT2D eigenvalue weighted by molar-refractivity contribution is 5.20. The first kappa shape index (κ1) is 16.2. The van der Waals surface area contributed by atoms with Crippen molar-refractivity contribution in [1.29, 1.82) is 0 Å². The third-order valence-electron chi connectivity index (χ3n) is 3.70. The Morgan fingerprint density at radius 2 is 1.68 bits per heavy atom. The smallest absolute Gasteiger partial charge is 0.0452 e. The van der Waals surface area contributed by atoms with Gasteiger partial charge in [-0.15, -0.1) is 0 Å². The summed E-state index contributed by atoms with van der Waals surface area (Å²) < 4.78 is 0. The Balaban J connectivity index is 2.56. The van der Waals surface area contributed by atoms with Crippen molar-refractivity contribution in [3.63, 3.8) is 0 Å². The maximum atomic E-state index is 6.43. The van der Waals surface area contributed by atoms with E-state index in [4.69, 9.17) is 5.73 Å². The number of likely N-dealkylation sites (N-methyl/N-ethyl adjacent to an activating group) is 1. The second-order valence-corrected chi connectivity index (χ2v) is 5.55. The summed E-state index contributed by atoms with van der Waals surface area (Å²) in [6.45, 7) is 4.44. The summed E-state index contributed by atoms with van der Waals surface area (Å²) in [5.41, 5.74) is 7.66. The lowest BCUT2D eigenvalue weighted by atomic mass is 9.97. The normalized spacial score (nSPS) is 14.9. The molecule has 2 N–H and O–H groups in total. The number of nitrogens with two attached hydrogens (primary N) is 1. The summed E-state index contributed by atoms with van der Waals surface area (Å²) in [5, 5.41) is 0. The lowest BCUT2D eigenvalue weighted by Gasteiger charge is -2.32. The summed E-state index contributed by atoms with van der Waals surface area (Å²) in [6.07, 6.45) is 2.26. The number of hydrogen-bond donors (Lipinski definition) is 1. The van der Waals surface area contributed by atoms with Crippen LogP contribution >= 0.6 is 0 Å². The molecular formula is C16H29N3. The molecule has 19 heavy (non-hydrogen) atoms. The van der Waals surface area contributed by atoms with Crippen LogP contribution in [0.25, 0.3) is 0 Å². The van der Waals surface area contributed by atoms with E-state index in [1.165, 1.54) is 12.0 Å². The minimum Gasteiger partial charge on any atom is -0.323 e. The molecule has 2 atom stereocenters. The van der Waals surface area contributed by atoms with Crippen LogP contribution in [0.5, 0.6) is 0 Å². The number of nitrogens with zero attached hydrogens (tertiary/aromatic N) is 2. The summed E-state index contributed by atoms with van der Waals surface area (Å²) in [6, 6.07) is 10.9. The van der Waals surface area contributed by atoms with Crippen LogP contribution in [0.2, 0.25) is 0 Å². The molecule has 0 saturated heterocycles. The summed E-state index contributed by atoms with van der Waals surface area (Å²) >= 11 is 0. The molecule has 0 aliphatic carbocycles. The Morgan fingerprint density at radius 1 is 1.05 bits per heavy atom. The minimum atomic E-state index is 0.0931. The van der Waals surface area contributed by atoms with E-state index >= 15 is 0 Å². The second kappa shape index (κ2) is 8.31. The Kier molecular flexibility index (Phi) is 7.06. The maximum absolute atomic E-state index is 6.43. The van der Waals surface area contributed by atoms with E-state index in [9.17, 15) is 0 Å². The molecule has 0 aliphatic heterocycles. The lowest BCUT2D eigenvalue weighted by molar-refractivity contribution is 0.196. The van der Waals surface area contributed by atoms with E-state index in [-0.39, 0.29) is 6.04 Å². The average molecular weight is 263 g/mol. The standard InChI is InChI=1S/C16H29N3/c1-5-15(19(4)13-9-12-18(2)3)16(17)14-10-7-6-8-11-14/h6-8,10-11,15-16H,5,9,12-13,17H2,1-4H3. The topological polar surface area (TPSA) is 32.5 Å². The van der Waals surface area contributed by atoms with Crippen molar-refractivity contribution >= 4 is 0 Å². The maximum Gasteiger partial charge on any atom is 0.0452 e. The van der Waals surface area contributed by atoms with Crippen LogP contribution < -0.4 is 5.73 Å². The first-order chi connectivity index (χ1) is 9.06. The van der Waals surface area contributed by atoms with Gasteiger partial charge in [-0.05, 0) is 52.6 Å². The molecule has 108 valence electrons. The number of rotatable bonds is 8. The van der Waals surface area contributed by atoms with Crippen LogP contribution in [-0.2, 0) is 0 Å². The summed E-state index contributed by atoms with van der Waals surface area (Å²) in [7, 11) is 6.42. The molecular weight excluding hydrogens is 234 g/mol. The van der Waals surface area contributed by atoms with E-state index in [0.29, 0.717) is 6.04 Å². The van der Waals surface area contributed by atoms with Crippen molar-refractivity contribution in [1.82, 2.24) is 9.80 Å². The van der Waals surface area contributed by atoms with Gasteiger partial charge in [0.25, 0.3) is 0 Å². The largest absolute Gasteiger partial charge is 0.323 e. The number of hydrogen-bond acceptors (Lipinski definition) is 3. The molecule has 0 bridgehead atoms. The zero-order valence-electron chi connectivity index (χ0n) is 12.8. The fraction of sp³-hybridized carbons (Fsp3) is 0.625. The Hall–Kier alpha value is -0.900. The Morgan fingerprint density at radius 3 is 2.21 bits per heavy atom. The lowest BCUT2D eigenvalue weighted by Crippen LogP contribution is -2.41. The second-order valence-electron chi connectivity index (χ2n) is 5.55. The van der Waals surface area contributed by atoms with Crippen LogP contribution in [0, 0.1) is 0 Å². The fourth-order valence-corrected chi connectivity index (χ4v) is 2.54. The molecule has 0 heterocycles.